The molecule has 3 aromatic carbocycles. The van der Waals surface area contributed by atoms with Crippen LogP contribution in [0.5, 0.6) is 0 Å². The fourth-order valence-electron chi connectivity index (χ4n) is 3.57. The number of aromatic nitrogens is 2. The van der Waals surface area contributed by atoms with E-state index < -0.39 is 5.97 Å². The van der Waals surface area contributed by atoms with Crippen molar-refractivity contribution in [2.75, 3.05) is 0 Å². The number of carbonyl (C=O) groups is 1. The lowest BCUT2D eigenvalue weighted by Crippen LogP contribution is -1.97. The normalized spacial score (nSPS) is 11.9. The Morgan fingerprint density at radius 2 is 1.74 bits per heavy atom. The van der Waals surface area contributed by atoms with Crippen molar-refractivity contribution >= 4 is 45.8 Å². The largest absolute Gasteiger partial charge is 0.477 e. The van der Waals surface area contributed by atoms with Gasteiger partial charge in [-0.25, -0.2) is 9.78 Å². The highest BCUT2D eigenvalue weighted by molar-refractivity contribution is 8.03. The molecule has 152 valence electrons. The van der Waals surface area contributed by atoms with Gasteiger partial charge in [0.2, 0.25) is 0 Å². The van der Waals surface area contributed by atoms with Crippen LogP contribution in [0.3, 0.4) is 0 Å². The van der Waals surface area contributed by atoms with Crippen LogP contribution < -0.4 is 0 Å². The first-order valence-corrected chi connectivity index (χ1v) is 10.6. The molecule has 0 saturated carbocycles. The number of oxazole rings is 1. The molecule has 5 rings (SSSR count). The number of rotatable bonds is 6. The van der Waals surface area contributed by atoms with E-state index in [1.165, 1.54) is 5.56 Å². The zero-order chi connectivity index (χ0) is 21.2. The van der Waals surface area contributed by atoms with Gasteiger partial charge < -0.3 is 14.1 Å². The molecular formula is C25H18N2O3S. The molecule has 5 nitrogen and oxygen atoms in total. The molecule has 0 aliphatic heterocycles. The van der Waals surface area contributed by atoms with Crippen molar-refractivity contribution in [3.05, 3.63) is 101 Å². The monoisotopic (exact) mass is 426 g/mol. The molecule has 0 aliphatic rings. The molecule has 5 aromatic rings. The summed E-state index contributed by atoms with van der Waals surface area (Å²) in [5.74, 6) is -1.02. The fraction of sp³-hybridized carbons (Fsp3) is 0.0400. The molecule has 1 N–H and O–H groups in total. The van der Waals surface area contributed by atoms with Crippen molar-refractivity contribution < 1.29 is 14.3 Å². The molecule has 0 bridgehead atoms. The second-order valence-electron chi connectivity index (χ2n) is 7.08. The summed E-state index contributed by atoms with van der Waals surface area (Å²) in [5.41, 5.74) is 4.41. The number of thioether (sulfide) groups is 1. The van der Waals surface area contributed by atoms with E-state index in [1.807, 2.05) is 72.9 Å². The average Bonchev–Trinajstić information content (AvgIpc) is 3.35. The van der Waals surface area contributed by atoms with Gasteiger partial charge >= 0.3 is 5.97 Å². The lowest BCUT2D eigenvalue weighted by molar-refractivity contribution is -0.131. The molecule has 6 heteroatoms. The number of nitrogens with zero attached hydrogens (tertiary/aromatic N) is 2. The third kappa shape index (κ3) is 3.98. The van der Waals surface area contributed by atoms with E-state index in [0.717, 1.165) is 28.2 Å². The molecule has 0 spiro atoms. The summed E-state index contributed by atoms with van der Waals surface area (Å²) in [6.07, 6.45) is 3.68. The number of hydrogen-bond donors (Lipinski definition) is 1. The zero-order valence-corrected chi connectivity index (χ0v) is 17.3. The Morgan fingerprint density at radius 3 is 2.55 bits per heavy atom. The van der Waals surface area contributed by atoms with Crippen LogP contribution in [-0.2, 0) is 11.3 Å². The molecule has 2 aromatic heterocycles. The van der Waals surface area contributed by atoms with Gasteiger partial charge in [-0.1, -0.05) is 60.7 Å². The third-order valence-corrected chi connectivity index (χ3v) is 5.85. The van der Waals surface area contributed by atoms with E-state index in [-0.39, 0.29) is 4.91 Å². The van der Waals surface area contributed by atoms with Crippen LogP contribution in [0.2, 0.25) is 0 Å². The molecule has 0 amide bonds. The van der Waals surface area contributed by atoms with Crippen molar-refractivity contribution in [2.24, 2.45) is 0 Å². The lowest BCUT2D eigenvalue weighted by Gasteiger charge is -2.05. The van der Waals surface area contributed by atoms with Crippen LogP contribution in [0.4, 0.5) is 0 Å². The van der Waals surface area contributed by atoms with Crippen LogP contribution in [-0.4, -0.2) is 20.6 Å². The van der Waals surface area contributed by atoms with E-state index in [2.05, 4.69) is 21.7 Å². The maximum Gasteiger partial charge on any atom is 0.342 e. The van der Waals surface area contributed by atoms with E-state index in [4.69, 9.17) is 4.42 Å². The second-order valence-corrected chi connectivity index (χ2v) is 8.07. The summed E-state index contributed by atoms with van der Waals surface area (Å²) in [6, 6.07) is 25.6. The summed E-state index contributed by atoms with van der Waals surface area (Å²) in [6.45, 7) is 0.704. The minimum Gasteiger partial charge on any atom is -0.477 e. The van der Waals surface area contributed by atoms with Crippen molar-refractivity contribution in [1.29, 1.82) is 0 Å². The van der Waals surface area contributed by atoms with Gasteiger partial charge in [0.25, 0.3) is 5.22 Å². The summed E-state index contributed by atoms with van der Waals surface area (Å²) in [5, 5.41) is 11.1. The van der Waals surface area contributed by atoms with Crippen molar-refractivity contribution in [2.45, 2.75) is 11.8 Å². The van der Waals surface area contributed by atoms with Gasteiger partial charge in [-0.3, -0.25) is 0 Å². The first-order chi connectivity index (χ1) is 15.2. The number of carboxylic acids is 1. The maximum absolute atomic E-state index is 12.0. The molecular weight excluding hydrogens is 408 g/mol. The molecule has 0 radical (unpaired) electrons. The Labute approximate surface area is 182 Å². The minimum atomic E-state index is -1.02. The van der Waals surface area contributed by atoms with Gasteiger partial charge in [0.05, 0.1) is 0 Å². The quantitative estimate of drug-likeness (QED) is 0.264. The van der Waals surface area contributed by atoms with Crippen molar-refractivity contribution in [1.82, 2.24) is 9.55 Å². The summed E-state index contributed by atoms with van der Waals surface area (Å²) >= 11 is 1.01. The van der Waals surface area contributed by atoms with E-state index in [9.17, 15) is 9.90 Å². The molecule has 0 saturated heterocycles. The Balaban J connectivity index is 1.54. The Kier molecular flexibility index (Phi) is 5.06. The Hall–Kier alpha value is -3.77. The highest BCUT2D eigenvalue weighted by Gasteiger charge is 2.16. The number of hydrogen-bond acceptors (Lipinski definition) is 4. The summed E-state index contributed by atoms with van der Waals surface area (Å²) < 4.78 is 7.84. The highest BCUT2D eigenvalue weighted by Crippen LogP contribution is 2.32. The molecule has 0 atom stereocenters. The molecule has 0 fully saturated rings. The Morgan fingerprint density at radius 1 is 1.00 bits per heavy atom. The summed E-state index contributed by atoms with van der Waals surface area (Å²) in [7, 11) is 0. The van der Waals surface area contributed by atoms with Gasteiger partial charge in [0, 0.05) is 29.2 Å². The van der Waals surface area contributed by atoms with Crippen LogP contribution >= 0.6 is 11.8 Å². The SMILES string of the molecule is O=C(O)/C(=C/c1cn(Cc2ccccc2)c2ccccc12)Sc1nc2ccccc2o1. The number of para-hydroxylation sites is 3. The van der Waals surface area contributed by atoms with Crippen molar-refractivity contribution in [3.8, 4) is 0 Å². The first-order valence-electron chi connectivity index (χ1n) is 9.77. The fourth-order valence-corrected chi connectivity index (χ4v) is 4.30. The first kappa shape index (κ1) is 19.2. The Bertz CT molecular complexity index is 1380. The topological polar surface area (TPSA) is 68.3 Å². The third-order valence-electron chi connectivity index (χ3n) is 4.98. The van der Waals surface area contributed by atoms with Crippen LogP contribution in [0.25, 0.3) is 28.1 Å². The maximum atomic E-state index is 12.0. The number of carboxylic acid groups (broad SMARTS) is 1. The van der Waals surface area contributed by atoms with Gasteiger partial charge in [0.1, 0.15) is 10.4 Å². The summed E-state index contributed by atoms with van der Waals surface area (Å²) in [4.78, 5) is 16.5. The van der Waals surface area contributed by atoms with Gasteiger partial charge in [-0.2, -0.15) is 0 Å². The van der Waals surface area contributed by atoms with E-state index in [1.54, 1.807) is 6.08 Å². The predicted molar refractivity (Wildman–Crippen MR) is 123 cm³/mol. The zero-order valence-electron chi connectivity index (χ0n) is 16.4. The van der Waals surface area contributed by atoms with E-state index in [0.29, 0.717) is 22.9 Å². The average molecular weight is 426 g/mol. The number of benzene rings is 3. The smallest absolute Gasteiger partial charge is 0.342 e. The van der Waals surface area contributed by atoms with Gasteiger partial charge in [0.15, 0.2) is 5.58 Å². The molecule has 0 aliphatic carbocycles. The highest BCUT2D eigenvalue weighted by atomic mass is 32.2. The molecule has 0 unspecified atom stereocenters. The minimum absolute atomic E-state index is 0.147. The second kappa shape index (κ2) is 8.16. The molecule has 2 heterocycles. The standard InChI is InChI=1S/C25H18N2O3S/c28-24(29)23(31-25-26-20-11-5-7-13-22(20)30-25)14-18-16-27(15-17-8-2-1-3-9-17)21-12-6-4-10-19(18)21/h1-14,16H,15H2,(H,28,29)/b23-14-. The van der Waals surface area contributed by atoms with Crippen LogP contribution in [0.15, 0.2) is 99.6 Å². The lowest BCUT2D eigenvalue weighted by atomic mass is 10.1. The van der Waals surface area contributed by atoms with Gasteiger partial charge in [-0.15, -0.1) is 0 Å². The van der Waals surface area contributed by atoms with Crippen LogP contribution in [0.1, 0.15) is 11.1 Å². The van der Waals surface area contributed by atoms with Gasteiger partial charge in [-0.05, 0) is 41.6 Å². The van der Waals surface area contributed by atoms with Crippen LogP contribution in [0, 0.1) is 0 Å². The van der Waals surface area contributed by atoms with Crippen molar-refractivity contribution in [3.63, 3.8) is 0 Å². The predicted octanol–water partition coefficient (Wildman–Crippen LogP) is 6.05. The molecule has 31 heavy (non-hydrogen) atoms. The van der Waals surface area contributed by atoms with E-state index >= 15 is 0 Å². The number of fused-ring (bicyclic) bond motifs is 2. The number of aliphatic carboxylic acids is 1.